The topological polar surface area (TPSA) is 41.9 Å². The van der Waals surface area contributed by atoms with Gasteiger partial charge >= 0.3 is 0 Å². The Kier molecular flexibility index (Phi) is 1.65. The molecule has 2 aliphatic heterocycles. The summed E-state index contributed by atoms with van der Waals surface area (Å²) in [5, 5.41) is 10.7. The van der Waals surface area contributed by atoms with Gasteiger partial charge in [-0.25, -0.2) is 0 Å². The number of hydrogen-bond donors (Lipinski definition) is 1. The summed E-state index contributed by atoms with van der Waals surface area (Å²) in [5.41, 5.74) is -0.747. The van der Waals surface area contributed by atoms with Gasteiger partial charge < -0.3 is 19.5 Å². The molecular formula is C18H21NO3. The standard InChI is InChI=1S/C18H21NO3/c1-19-8-7-18-11-4-5-13(20)17(18)22-16-14(21-2)6-3-10(15(16)18)9-12(11)19/h3-6,11-13,17,20H,7-9H2,1-2H3/t11-,12+,13?,17?,18-/m0/s1/i9D2,11D,12D,17D. The molecule has 2 heterocycles. The number of hydrogen-bond acceptors (Lipinski definition) is 4. The summed E-state index contributed by atoms with van der Waals surface area (Å²) in [5.74, 6) is -1.28. The Morgan fingerprint density at radius 2 is 2.36 bits per heavy atom. The number of aliphatic hydroxyl groups is 1. The molecule has 2 bridgehead atoms. The van der Waals surface area contributed by atoms with E-state index in [0.717, 1.165) is 0 Å². The molecule has 1 aromatic rings. The van der Waals surface area contributed by atoms with Crippen molar-refractivity contribution in [1.29, 1.82) is 0 Å². The summed E-state index contributed by atoms with van der Waals surface area (Å²) in [6.45, 7) is 0.310. The maximum Gasteiger partial charge on any atom is 0.165 e. The van der Waals surface area contributed by atoms with Crippen LogP contribution in [0, 0.1) is 5.89 Å². The van der Waals surface area contributed by atoms with Crippen LogP contribution in [0.3, 0.4) is 0 Å². The second-order valence-corrected chi connectivity index (χ2v) is 6.25. The van der Waals surface area contributed by atoms with Gasteiger partial charge in [0.2, 0.25) is 0 Å². The number of methoxy groups -OCH3 is 1. The number of nitrogens with zero attached hydrogens (tertiary/aromatic N) is 1. The first-order valence-corrected chi connectivity index (χ1v) is 7.52. The first kappa shape index (κ1) is 8.94. The number of ether oxygens (including phenoxy) is 2. The maximum absolute atomic E-state index is 10.7. The molecule has 4 heteroatoms. The lowest BCUT2D eigenvalue weighted by Gasteiger charge is -2.56. The SMILES string of the molecule is [2H]C12Oc3c(OC)ccc4c3[C@@]13CCN(C)[C@]([2H])(C4([2H])[2H])[C@]3([2H])C=CC2O. The van der Waals surface area contributed by atoms with Crippen LogP contribution in [0.25, 0.3) is 0 Å². The van der Waals surface area contributed by atoms with Gasteiger partial charge in [-0.1, -0.05) is 18.2 Å². The van der Waals surface area contributed by atoms with Crippen molar-refractivity contribution in [2.45, 2.75) is 36.4 Å². The molecule has 0 radical (unpaired) electrons. The van der Waals surface area contributed by atoms with Crippen molar-refractivity contribution in [2.24, 2.45) is 5.89 Å². The molecule has 1 fully saturated rings. The number of rotatable bonds is 1. The van der Waals surface area contributed by atoms with Gasteiger partial charge in [-0.3, -0.25) is 0 Å². The third kappa shape index (κ3) is 1.28. The van der Waals surface area contributed by atoms with Crippen molar-refractivity contribution in [2.75, 3.05) is 20.7 Å². The van der Waals surface area contributed by atoms with Gasteiger partial charge in [0, 0.05) is 28.4 Å². The van der Waals surface area contributed by atoms with Gasteiger partial charge in [-0.15, -0.1) is 0 Å². The number of benzene rings is 1. The minimum absolute atomic E-state index is 0.208. The highest BCUT2D eigenvalue weighted by Crippen LogP contribution is 2.62. The van der Waals surface area contributed by atoms with Crippen LogP contribution in [0.1, 0.15) is 24.4 Å². The molecule has 5 rings (SSSR count). The lowest BCUT2D eigenvalue weighted by atomic mass is 9.53. The second-order valence-electron chi connectivity index (χ2n) is 6.25. The van der Waals surface area contributed by atoms with Crippen LogP contribution in [0.5, 0.6) is 11.5 Å². The molecule has 2 aliphatic carbocycles. The van der Waals surface area contributed by atoms with E-state index in [1.54, 1.807) is 24.1 Å². The summed E-state index contributed by atoms with van der Waals surface area (Å²) < 4.78 is 56.9. The highest BCUT2D eigenvalue weighted by molar-refractivity contribution is 5.62. The number of likely N-dealkylation sites (N-methyl/N-ethyl adjacent to an activating group) is 1. The van der Waals surface area contributed by atoms with Gasteiger partial charge in [0.05, 0.1) is 8.48 Å². The number of aliphatic hydroxyl groups excluding tert-OH is 1. The zero-order chi connectivity index (χ0) is 19.6. The molecule has 1 aromatic carbocycles. The molecule has 4 nitrogen and oxygen atoms in total. The highest BCUT2D eigenvalue weighted by Gasteiger charge is 2.64. The smallest absolute Gasteiger partial charge is 0.165 e. The predicted octanol–water partition coefficient (Wildman–Crippen LogP) is 1.50. The number of piperidine rings is 1. The quantitative estimate of drug-likeness (QED) is 0.799. The van der Waals surface area contributed by atoms with Crippen molar-refractivity contribution in [3.63, 3.8) is 0 Å². The van der Waals surface area contributed by atoms with E-state index in [0.29, 0.717) is 24.3 Å². The van der Waals surface area contributed by atoms with E-state index >= 15 is 0 Å². The molecule has 4 aliphatic rings. The Bertz CT molecular complexity index is 909. The molecule has 1 N–H and O–H groups in total. The summed E-state index contributed by atoms with van der Waals surface area (Å²) in [6, 6.07) is 1.15. The summed E-state index contributed by atoms with van der Waals surface area (Å²) in [7, 11) is 3.10. The normalized spacial score (nSPS) is 56.7. The Hall–Kier alpha value is -1.52. The van der Waals surface area contributed by atoms with Crippen LogP contribution in [0.15, 0.2) is 24.3 Å². The fraction of sp³-hybridized carbons (Fsp3) is 0.556. The Morgan fingerprint density at radius 3 is 3.18 bits per heavy atom. The molecule has 0 aromatic heterocycles. The fourth-order valence-corrected chi connectivity index (χ4v) is 4.28. The van der Waals surface area contributed by atoms with E-state index in [4.69, 9.17) is 13.6 Å². The summed E-state index contributed by atoms with van der Waals surface area (Å²) in [4.78, 5) is 1.55. The van der Waals surface area contributed by atoms with Crippen LogP contribution in [0.2, 0.25) is 0 Å². The minimum Gasteiger partial charge on any atom is -0.493 e. The van der Waals surface area contributed by atoms with E-state index in [-0.39, 0.29) is 11.3 Å². The third-order valence-corrected chi connectivity index (χ3v) is 5.29. The molecule has 116 valence electrons. The first-order chi connectivity index (χ1) is 12.5. The predicted molar refractivity (Wildman–Crippen MR) is 82.5 cm³/mol. The zero-order valence-corrected chi connectivity index (χ0v) is 12.5. The monoisotopic (exact) mass is 304 g/mol. The highest BCUT2D eigenvalue weighted by atomic mass is 16.5. The van der Waals surface area contributed by atoms with Crippen LogP contribution in [-0.4, -0.2) is 48.9 Å². The Morgan fingerprint density at radius 1 is 1.50 bits per heavy atom. The maximum atomic E-state index is 10.7. The molecule has 5 atom stereocenters. The fourth-order valence-electron chi connectivity index (χ4n) is 4.28. The molecular weight excluding hydrogens is 278 g/mol. The van der Waals surface area contributed by atoms with Crippen molar-refractivity contribution in [1.82, 2.24) is 4.90 Å². The Balaban J connectivity index is 2.01. The summed E-state index contributed by atoms with van der Waals surface area (Å²) in [6.07, 6.45) is -2.43. The van der Waals surface area contributed by atoms with E-state index in [2.05, 4.69) is 0 Å². The molecule has 0 saturated carbocycles. The van der Waals surface area contributed by atoms with Crippen molar-refractivity contribution in [3.05, 3.63) is 35.4 Å². The second kappa shape index (κ2) is 4.06. The molecule has 22 heavy (non-hydrogen) atoms. The van der Waals surface area contributed by atoms with Gasteiger partial charge in [-0.2, -0.15) is 0 Å². The molecule has 1 saturated heterocycles. The summed E-state index contributed by atoms with van der Waals surface area (Å²) >= 11 is 0. The van der Waals surface area contributed by atoms with Crippen LogP contribution >= 0.6 is 0 Å². The largest absolute Gasteiger partial charge is 0.493 e. The van der Waals surface area contributed by atoms with Gasteiger partial charge in [0.15, 0.2) is 11.5 Å². The molecule has 0 amide bonds. The lowest BCUT2D eigenvalue weighted by molar-refractivity contribution is -0.0453. The third-order valence-electron chi connectivity index (χ3n) is 5.29. The van der Waals surface area contributed by atoms with E-state index in [1.165, 1.54) is 19.3 Å². The van der Waals surface area contributed by atoms with Gasteiger partial charge in [0.25, 0.3) is 0 Å². The van der Waals surface area contributed by atoms with E-state index in [1.807, 2.05) is 0 Å². The minimum atomic E-state index is -2.20. The number of likely N-dealkylation sites (tertiary alicyclic amines) is 1. The van der Waals surface area contributed by atoms with Gasteiger partial charge in [-0.05, 0) is 38.0 Å². The molecule has 1 spiro atoms. The van der Waals surface area contributed by atoms with E-state index in [9.17, 15) is 7.85 Å². The van der Waals surface area contributed by atoms with Crippen LogP contribution < -0.4 is 9.47 Å². The first-order valence-electron chi connectivity index (χ1n) is 10.0. The van der Waals surface area contributed by atoms with Crippen molar-refractivity contribution >= 4 is 0 Å². The van der Waals surface area contributed by atoms with E-state index < -0.39 is 35.9 Å². The lowest BCUT2D eigenvalue weighted by Crippen LogP contribution is -2.64. The van der Waals surface area contributed by atoms with Gasteiger partial charge in [0.1, 0.15) is 12.2 Å². The Labute approximate surface area is 137 Å². The zero-order valence-electron chi connectivity index (χ0n) is 17.5. The van der Waals surface area contributed by atoms with Crippen molar-refractivity contribution < 1.29 is 21.4 Å². The average molecular weight is 304 g/mol. The average Bonchev–Trinajstić information content (AvgIpc) is 2.90. The van der Waals surface area contributed by atoms with Crippen LogP contribution in [0.4, 0.5) is 0 Å². The molecule has 2 unspecified atom stereocenters. The van der Waals surface area contributed by atoms with Crippen molar-refractivity contribution in [3.8, 4) is 11.5 Å². The van der Waals surface area contributed by atoms with Crippen LogP contribution in [-0.2, 0) is 11.8 Å².